The molecule has 2 fully saturated rings. The third-order valence-corrected chi connectivity index (χ3v) is 4.62. The van der Waals surface area contributed by atoms with E-state index in [1.54, 1.807) is 0 Å². The van der Waals surface area contributed by atoms with Crippen LogP contribution in [0.4, 0.5) is 0 Å². The van der Waals surface area contributed by atoms with Crippen molar-refractivity contribution in [3.05, 3.63) is 11.1 Å². The van der Waals surface area contributed by atoms with Crippen LogP contribution in [0, 0.1) is 0 Å². The Balaban J connectivity index is 1.97. The summed E-state index contributed by atoms with van der Waals surface area (Å²) < 4.78 is 1.13. The summed E-state index contributed by atoms with van der Waals surface area (Å²) in [5.41, 5.74) is 0. The van der Waals surface area contributed by atoms with Crippen LogP contribution >= 0.6 is 27.7 Å². The van der Waals surface area contributed by atoms with E-state index in [-0.39, 0.29) is 0 Å². The van der Waals surface area contributed by atoms with Crippen molar-refractivity contribution in [1.82, 2.24) is 4.90 Å². The van der Waals surface area contributed by atoms with E-state index < -0.39 is 0 Å². The van der Waals surface area contributed by atoms with E-state index in [9.17, 15) is 0 Å². The molecule has 0 bridgehead atoms. The van der Waals surface area contributed by atoms with Gasteiger partial charge in [-0.1, -0.05) is 28.9 Å². The maximum Gasteiger partial charge on any atom is 0.0297 e. The Morgan fingerprint density at radius 2 is 2.38 bits per heavy atom. The molecule has 2 aliphatic rings. The lowest BCUT2D eigenvalue weighted by atomic mass is 10.2. The van der Waals surface area contributed by atoms with E-state index in [0.717, 1.165) is 22.3 Å². The summed E-state index contributed by atoms with van der Waals surface area (Å²) in [4.78, 5) is 2.60. The Kier molecular flexibility index (Phi) is 3.38. The third-order valence-electron chi connectivity index (χ3n) is 2.97. The van der Waals surface area contributed by atoms with Crippen molar-refractivity contribution in [1.29, 1.82) is 0 Å². The van der Waals surface area contributed by atoms with Crippen molar-refractivity contribution in [3.8, 4) is 0 Å². The lowest BCUT2D eigenvalue weighted by Gasteiger charge is -2.37. The molecule has 2 atom stereocenters. The van der Waals surface area contributed by atoms with Crippen LogP contribution in [0.2, 0.25) is 0 Å². The van der Waals surface area contributed by atoms with Gasteiger partial charge in [0.2, 0.25) is 0 Å². The van der Waals surface area contributed by atoms with Crippen LogP contribution in [0.25, 0.3) is 0 Å². The fourth-order valence-electron chi connectivity index (χ4n) is 2.42. The van der Waals surface area contributed by atoms with E-state index in [4.69, 9.17) is 0 Å². The number of thioether (sulfide) groups is 1. The Hall–Kier alpha value is 0.530. The minimum atomic E-state index is 0.841. The second-order valence-corrected chi connectivity index (χ2v) is 6.36. The van der Waals surface area contributed by atoms with Gasteiger partial charge in [-0.05, 0) is 12.8 Å². The van der Waals surface area contributed by atoms with Gasteiger partial charge in [0.1, 0.15) is 0 Å². The number of hydrogen-bond donors (Lipinski definition) is 0. The van der Waals surface area contributed by atoms with Gasteiger partial charge < -0.3 is 0 Å². The van der Waals surface area contributed by atoms with Crippen LogP contribution in [0.3, 0.4) is 0 Å². The molecule has 3 heteroatoms. The van der Waals surface area contributed by atoms with Gasteiger partial charge >= 0.3 is 0 Å². The molecule has 1 saturated carbocycles. The Labute approximate surface area is 93.1 Å². The molecule has 0 N–H and O–H groups in total. The van der Waals surface area contributed by atoms with Gasteiger partial charge in [0, 0.05) is 34.6 Å². The molecule has 0 aromatic heterocycles. The molecule has 0 spiro atoms. The van der Waals surface area contributed by atoms with Crippen molar-refractivity contribution >= 4 is 27.7 Å². The summed E-state index contributed by atoms with van der Waals surface area (Å²) in [6.45, 7) is 6.22. The highest BCUT2D eigenvalue weighted by molar-refractivity contribution is 9.11. The first-order chi connectivity index (χ1) is 6.27. The molecule has 0 radical (unpaired) electrons. The molecule has 1 aliphatic carbocycles. The normalized spacial score (nSPS) is 34.5. The maximum atomic E-state index is 3.93. The van der Waals surface area contributed by atoms with Gasteiger partial charge in [0.05, 0.1) is 0 Å². The van der Waals surface area contributed by atoms with Crippen LogP contribution in [0.5, 0.6) is 0 Å². The Morgan fingerprint density at radius 3 is 3.15 bits per heavy atom. The molecule has 1 aliphatic heterocycles. The first-order valence-corrected chi connectivity index (χ1v) is 6.80. The first-order valence-electron chi connectivity index (χ1n) is 4.96. The second kappa shape index (κ2) is 4.37. The van der Waals surface area contributed by atoms with Crippen molar-refractivity contribution in [2.24, 2.45) is 0 Å². The van der Waals surface area contributed by atoms with Crippen LogP contribution < -0.4 is 0 Å². The summed E-state index contributed by atoms with van der Waals surface area (Å²) >= 11 is 5.64. The zero-order valence-corrected chi connectivity index (χ0v) is 10.2. The molecule has 1 saturated heterocycles. The van der Waals surface area contributed by atoms with E-state index in [1.807, 2.05) is 0 Å². The number of nitrogens with zero attached hydrogens (tertiary/aromatic N) is 1. The van der Waals surface area contributed by atoms with Gasteiger partial charge in [0.25, 0.3) is 0 Å². The largest absolute Gasteiger partial charge is 0.294 e. The SMILES string of the molecule is C=C(Br)CN1CCSC2CCCC21. The summed E-state index contributed by atoms with van der Waals surface area (Å²) in [6, 6.07) is 0.841. The van der Waals surface area contributed by atoms with Gasteiger partial charge in [-0.2, -0.15) is 11.8 Å². The molecule has 0 amide bonds. The van der Waals surface area contributed by atoms with Crippen LogP contribution in [-0.2, 0) is 0 Å². The summed E-state index contributed by atoms with van der Waals surface area (Å²) in [5.74, 6) is 1.31. The van der Waals surface area contributed by atoms with Crippen LogP contribution in [-0.4, -0.2) is 35.0 Å². The van der Waals surface area contributed by atoms with Crippen molar-refractivity contribution < 1.29 is 0 Å². The van der Waals surface area contributed by atoms with Gasteiger partial charge in [0.15, 0.2) is 0 Å². The summed E-state index contributed by atoms with van der Waals surface area (Å²) in [7, 11) is 0. The fourth-order valence-corrected chi connectivity index (χ4v) is 4.25. The summed E-state index contributed by atoms with van der Waals surface area (Å²) in [6.07, 6.45) is 4.26. The molecule has 13 heavy (non-hydrogen) atoms. The van der Waals surface area contributed by atoms with Crippen LogP contribution in [0.15, 0.2) is 11.1 Å². The molecule has 1 nitrogen and oxygen atoms in total. The number of rotatable bonds is 2. The van der Waals surface area contributed by atoms with E-state index in [2.05, 4.69) is 39.2 Å². The average Bonchev–Trinajstić information content (AvgIpc) is 2.51. The maximum absolute atomic E-state index is 3.93. The standard InChI is InChI=1S/C10H16BrNS/c1-8(11)7-12-5-6-13-10-4-2-3-9(10)12/h9-10H,1-7H2. The highest BCUT2D eigenvalue weighted by Gasteiger charge is 2.35. The molecule has 2 rings (SSSR count). The zero-order valence-electron chi connectivity index (χ0n) is 7.84. The van der Waals surface area contributed by atoms with E-state index >= 15 is 0 Å². The number of fused-ring (bicyclic) bond motifs is 1. The Bertz CT molecular complexity index is 207. The molecular formula is C10H16BrNS. The molecule has 74 valence electrons. The topological polar surface area (TPSA) is 3.24 Å². The molecule has 0 aromatic carbocycles. The lowest BCUT2D eigenvalue weighted by molar-refractivity contribution is 0.229. The number of hydrogen-bond acceptors (Lipinski definition) is 2. The highest BCUT2D eigenvalue weighted by atomic mass is 79.9. The zero-order chi connectivity index (χ0) is 9.26. The smallest absolute Gasteiger partial charge is 0.0297 e. The minimum Gasteiger partial charge on any atom is -0.294 e. The van der Waals surface area contributed by atoms with E-state index in [0.29, 0.717) is 0 Å². The predicted octanol–water partition coefficient (Wildman–Crippen LogP) is 2.86. The summed E-state index contributed by atoms with van der Waals surface area (Å²) in [5, 5.41) is 0.917. The first kappa shape index (κ1) is 10.1. The molecule has 0 aromatic rings. The average molecular weight is 262 g/mol. The quantitative estimate of drug-likeness (QED) is 0.752. The van der Waals surface area contributed by atoms with Crippen molar-refractivity contribution in [3.63, 3.8) is 0 Å². The van der Waals surface area contributed by atoms with Gasteiger partial charge in [-0.15, -0.1) is 0 Å². The van der Waals surface area contributed by atoms with Gasteiger partial charge in [-0.25, -0.2) is 0 Å². The van der Waals surface area contributed by atoms with Crippen molar-refractivity contribution in [2.75, 3.05) is 18.8 Å². The van der Waals surface area contributed by atoms with Gasteiger partial charge in [-0.3, -0.25) is 4.90 Å². The van der Waals surface area contributed by atoms with E-state index in [1.165, 1.54) is 31.6 Å². The monoisotopic (exact) mass is 261 g/mol. The second-order valence-electron chi connectivity index (χ2n) is 3.90. The third kappa shape index (κ3) is 2.31. The van der Waals surface area contributed by atoms with Crippen LogP contribution in [0.1, 0.15) is 19.3 Å². The molecule has 2 unspecified atom stereocenters. The van der Waals surface area contributed by atoms with Crippen molar-refractivity contribution in [2.45, 2.75) is 30.6 Å². The minimum absolute atomic E-state index is 0.841. The number of halogens is 1. The lowest BCUT2D eigenvalue weighted by Crippen LogP contribution is -2.45. The molecule has 1 heterocycles. The molecular weight excluding hydrogens is 246 g/mol. The highest BCUT2D eigenvalue weighted by Crippen LogP contribution is 2.37. The predicted molar refractivity (Wildman–Crippen MR) is 63.5 cm³/mol. The Morgan fingerprint density at radius 1 is 1.54 bits per heavy atom. The fraction of sp³-hybridized carbons (Fsp3) is 0.800.